The number of pyridine rings is 1. The van der Waals surface area contributed by atoms with Gasteiger partial charge in [0.1, 0.15) is 0 Å². The number of para-hydroxylation sites is 1. The summed E-state index contributed by atoms with van der Waals surface area (Å²) in [6, 6.07) is 27.7. The van der Waals surface area contributed by atoms with Crippen LogP contribution in [0.5, 0.6) is 0 Å². The number of anilines is 3. The van der Waals surface area contributed by atoms with Crippen LogP contribution in [-0.2, 0) is 25.7 Å². The van der Waals surface area contributed by atoms with E-state index < -0.39 is 0 Å². The number of rotatable bonds is 0. The van der Waals surface area contributed by atoms with Crippen molar-refractivity contribution < 1.29 is 0 Å². The molecular weight excluding hydrogens is 424 g/mol. The molecule has 4 aromatic carbocycles. The van der Waals surface area contributed by atoms with Gasteiger partial charge in [0, 0.05) is 25.2 Å². The Labute approximate surface area is 204 Å². The molecule has 164 valence electrons. The largest absolute Gasteiger partial charge is 0.309 e. The summed E-state index contributed by atoms with van der Waals surface area (Å²) in [4.78, 5) is 6.97. The Morgan fingerprint density at radius 3 is 2.31 bits per heavy atom. The minimum absolute atomic E-state index is 0.956. The maximum atomic E-state index is 4.45. The number of hydrogen-bond acceptors (Lipinski definition) is 2. The standard InChI is InChI=1S/C33H22N2/c1-2-7-26-19(4-1)12-20-8-9-27-28-17-31-24(15-23(28)16-29(27)32(20)26)13-21-5-3-6-22-14-25-18-34-11-10-30(25)35(31)33(21)22/h1-11,15,17-18H,12-14,16H2. The molecule has 2 aliphatic heterocycles. The summed E-state index contributed by atoms with van der Waals surface area (Å²) in [6.07, 6.45) is 8.02. The Kier molecular flexibility index (Phi) is 3.27. The molecule has 0 unspecified atom stereocenters. The van der Waals surface area contributed by atoms with Gasteiger partial charge in [0.25, 0.3) is 0 Å². The van der Waals surface area contributed by atoms with Gasteiger partial charge in [-0.3, -0.25) is 4.98 Å². The van der Waals surface area contributed by atoms with Gasteiger partial charge in [-0.2, -0.15) is 0 Å². The molecule has 35 heavy (non-hydrogen) atoms. The Morgan fingerprint density at radius 1 is 0.543 bits per heavy atom. The van der Waals surface area contributed by atoms with Crippen LogP contribution in [0.3, 0.4) is 0 Å². The van der Waals surface area contributed by atoms with E-state index in [0.29, 0.717) is 0 Å². The third-order valence-corrected chi connectivity index (χ3v) is 8.58. The molecule has 1 aromatic heterocycles. The minimum atomic E-state index is 0.956. The van der Waals surface area contributed by atoms with Gasteiger partial charge in [-0.15, -0.1) is 0 Å². The lowest BCUT2D eigenvalue weighted by atomic mass is 9.86. The van der Waals surface area contributed by atoms with E-state index in [9.17, 15) is 0 Å². The highest BCUT2D eigenvalue weighted by Gasteiger charge is 2.34. The van der Waals surface area contributed by atoms with Crippen LogP contribution in [0.1, 0.15) is 44.5 Å². The van der Waals surface area contributed by atoms with Gasteiger partial charge in [0.05, 0.1) is 17.1 Å². The monoisotopic (exact) mass is 446 g/mol. The minimum Gasteiger partial charge on any atom is -0.309 e. The average molecular weight is 447 g/mol. The van der Waals surface area contributed by atoms with Gasteiger partial charge in [-0.25, -0.2) is 0 Å². The van der Waals surface area contributed by atoms with Gasteiger partial charge < -0.3 is 4.90 Å². The van der Waals surface area contributed by atoms with Crippen molar-refractivity contribution in [3.8, 4) is 22.3 Å². The third kappa shape index (κ3) is 2.27. The van der Waals surface area contributed by atoms with Crippen molar-refractivity contribution in [3.63, 3.8) is 0 Å². The molecule has 0 bridgehead atoms. The van der Waals surface area contributed by atoms with Crippen LogP contribution >= 0.6 is 0 Å². The van der Waals surface area contributed by atoms with E-state index in [1.807, 2.05) is 12.4 Å². The van der Waals surface area contributed by atoms with Gasteiger partial charge in [-0.05, 0) is 91.7 Å². The second-order valence-electron chi connectivity index (χ2n) is 10.4. The normalized spacial score (nSPS) is 14.9. The van der Waals surface area contributed by atoms with Crippen LogP contribution in [0.25, 0.3) is 22.3 Å². The number of hydrogen-bond donors (Lipinski definition) is 0. The molecule has 0 spiro atoms. The zero-order valence-electron chi connectivity index (χ0n) is 19.3. The fourth-order valence-electron chi connectivity index (χ4n) is 7.13. The Morgan fingerprint density at radius 2 is 1.37 bits per heavy atom. The van der Waals surface area contributed by atoms with Crippen molar-refractivity contribution in [2.45, 2.75) is 25.7 Å². The van der Waals surface area contributed by atoms with Crippen molar-refractivity contribution in [2.24, 2.45) is 0 Å². The second-order valence-corrected chi connectivity index (χ2v) is 10.4. The van der Waals surface area contributed by atoms with Gasteiger partial charge in [0.15, 0.2) is 0 Å². The van der Waals surface area contributed by atoms with E-state index >= 15 is 0 Å². The molecule has 0 radical (unpaired) electrons. The summed E-state index contributed by atoms with van der Waals surface area (Å²) in [5.74, 6) is 0. The van der Waals surface area contributed by atoms with Crippen LogP contribution in [-0.4, -0.2) is 4.98 Å². The van der Waals surface area contributed by atoms with E-state index in [4.69, 9.17) is 0 Å². The van der Waals surface area contributed by atoms with Crippen molar-refractivity contribution >= 4 is 17.1 Å². The fraction of sp³-hybridized carbons (Fsp3) is 0.121. The number of fused-ring (bicyclic) bond motifs is 11. The maximum Gasteiger partial charge on any atom is 0.0532 e. The molecule has 0 N–H and O–H groups in total. The summed E-state index contributed by atoms with van der Waals surface area (Å²) < 4.78 is 0. The summed E-state index contributed by atoms with van der Waals surface area (Å²) in [5, 5.41) is 0. The van der Waals surface area contributed by atoms with Crippen molar-refractivity contribution in [2.75, 3.05) is 4.90 Å². The summed E-state index contributed by atoms with van der Waals surface area (Å²) in [6.45, 7) is 0. The highest BCUT2D eigenvalue weighted by atomic mass is 15.2. The van der Waals surface area contributed by atoms with Crippen LogP contribution in [0.15, 0.2) is 85.2 Å². The molecule has 2 nitrogen and oxygen atoms in total. The predicted octanol–water partition coefficient (Wildman–Crippen LogP) is 7.50. The molecule has 2 heteroatoms. The molecule has 3 heterocycles. The summed E-state index contributed by atoms with van der Waals surface area (Å²) >= 11 is 0. The SMILES string of the molecule is c1ccc2c(c1)Cc1ccc3c(c1-2)Cc1cc2c(cc1-3)N1c3ccncc3Cc3cccc(c31)C2. The molecular formula is C33H22N2. The fourth-order valence-corrected chi connectivity index (χ4v) is 7.13. The van der Waals surface area contributed by atoms with E-state index in [2.05, 4.69) is 82.7 Å². The first kappa shape index (κ1) is 18.2. The number of aromatic nitrogens is 1. The molecule has 0 saturated carbocycles. The first-order chi connectivity index (χ1) is 17.3. The smallest absolute Gasteiger partial charge is 0.0532 e. The Balaban J connectivity index is 1.28. The Hall–Kier alpha value is -4.17. The van der Waals surface area contributed by atoms with Crippen LogP contribution in [0, 0.1) is 0 Å². The average Bonchev–Trinajstić information content (AvgIpc) is 3.45. The lowest BCUT2D eigenvalue weighted by Crippen LogP contribution is -2.24. The number of nitrogens with zero attached hydrogens (tertiary/aromatic N) is 2. The first-order valence-corrected chi connectivity index (χ1v) is 12.6. The molecule has 4 aliphatic rings. The van der Waals surface area contributed by atoms with E-state index in [1.54, 1.807) is 0 Å². The third-order valence-electron chi connectivity index (χ3n) is 8.58. The molecule has 0 amide bonds. The zero-order chi connectivity index (χ0) is 22.7. The molecule has 0 saturated heterocycles. The lowest BCUT2D eigenvalue weighted by Gasteiger charge is -2.39. The van der Waals surface area contributed by atoms with Gasteiger partial charge >= 0.3 is 0 Å². The summed E-state index contributed by atoms with van der Waals surface area (Å²) in [5.41, 5.74) is 21.3. The van der Waals surface area contributed by atoms with Crippen molar-refractivity contribution in [1.29, 1.82) is 0 Å². The maximum absolute atomic E-state index is 4.45. The Bertz CT molecular complexity index is 1760. The lowest BCUT2D eigenvalue weighted by molar-refractivity contribution is 0.998. The number of benzene rings is 4. The van der Waals surface area contributed by atoms with Crippen LogP contribution < -0.4 is 4.90 Å². The first-order valence-electron chi connectivity index (χ1n) is 12.6. The van der Waals surface area contributed by atoms with Crippen LogP contribution in [0.4, 0.5) is 17.1 Å². The van der Waals surface area contributed by atoms with Crippen LogP contribution in [0.2, 0.25) is 0 Å². The molecule has 0 fully saturated rings. The topological polar surface area (TPSA) is 16.1 Å². The highest BCUT2D eigenvalue weighted by molar-refractivity contribution is 5.95. The molecule has 2 aliphatic carbocycles. The summed E-state index contributed by atoms with van der Waals surface area (Å²) in [7, 11) is 0. The van der Waals surface area contributed by atoms with Gasteiger partial charge in [-0.1, -0.05) is 60.7 Å². The van der Waals surface area contributed by atoms with E-state index in [0.717, 1.165) is 25.7 Å². The molecule has 5 aromatic rings. The highest BCUT2D eigenvalue weighted by Crippen LogP contribution is 2.54. The molecule has 9 rings (SSSR count). The van der Waals surface area contributed by atoms with E-state index in [-0.39, 0.29) is 0 Å². The van der Waals surface area contributed by atoms with Gasteiger partial charge in [0.2, 0.25) is 0 Å². The predicted molar refractivity (Wildman–Crippen MR) is 141 cm³/mol. The van der Waals surface area contributed by atoms with E-state index in [1.165, 1.54) is 83.8 Å². The molecule has 0 atom stereocenters. The quantitative estimate of drug-likeness (QED) is 0.240. The zero-order valence-corrected chi connectivity index (χ0v) is 19.3. The van der Waals surface area contributed by atoms with Crippen molar-refractivity contribution in [3.05, 3.63) is 130 Å². The second kappa shape index (κ2) is 6.28. The van der Waals surface area contributed by atoms with Crippen molar-refractivity contribution in [1.82, 2.24) is 4.98 Å².